The molecule has 0 aromatic carbocycles. The highest BCUT2D eigenvalue weighted by molar-refractivity contribution is 7.90. The van der Waals surface area contributed by atoms with E-state index in [1.54, 1.807) is 0 Å². The summed E-state index contributed by atoms with van der Waals surface area (Å²) in [5.41, 5.74) is 0. The molecule has 1 unspecified atom stereocenters. The van der Waals surface area contributed by atoms with Crippen LogP contribution in [0.1, 0.15) is 39.0 Å². The summed E-state index contributed by atoms with van der Waals surface area (Å²) < 4.78 is 25.2. The molecular formula is C10H19NO4S. The predicted octanol–water partition coefficient (Wildman–Crippen LogP) is 1.06. The number of rotatable bonds is 3. The molecule has 0 saturated carbocycles. The fourth-order valence-electron chi connectivity index (χ4n) is 1.82. The molecule has 0 amide bonds. The molecule has 0 aromatic heterocycles. The Kier molecular flexibility index (Phi) is 4.73. The van der Waals surface area contributed by atoms with Gasteiger partial charge in [0.15, 0.2) is 5.25 Å². The summed E-state index contributed by atoms with van der Waals surface area (Å²) in [5, 5.41) is 7.43. The molecule has 0 aromatic rings. The van der Waals surface area contributed by atoms with Crippen LogP contribution in [0.25, 0.3) is 0 Å². The molecule has 94 valence electrons. The number of hydrogen-bond donors (Lipinski definition) is 1. The lowest BCUT2D eigenvalue weighted by atomic mass is 10.1. The van der Waals surface area contributed by atoms with E-state index in [0.717, 1.165) is 32.1 Å². The minimum atomic E-state index is -3.67. The maximum Gasteiger partial charge on any atom is 0.323 e. The van der Waals surface area contributed by atoms with Gasteiger partial charge >= 0.3 is 5.97 Å². The van der Waals surface area contributed by atoms with Gasteiger partial charge in [-0.3, -0.25) is 4.79 Å². The lowest BCUT2D eigenvalue weighted by Crippen LogP contribution is -2.42. The molecule has 1 saturated heterocycles. The molecule has 1 heterocycles. The van der Waals surface area contributed by atoms with Crippen LogP contribution in [0.5, 0.6) is 0 Å². The summed E-state index contributed by atoms with van der Waals surface area (Å²) in [5.74, 6) is -1.28. The van der Waals surface area contributed by atoms with Gasteiger partial charge in [0.1, 0.15) is 0 Å². The number of carboxylic acid groups (broad SMARTS) is 1. The van der Waals surface area contributed by atoms with Crippen LogP contribution in [0.2, 0.25) is 0 Å². The van der Waals surface area contributed by atoms with Crippen molar-refractivity contribution in [1.82, 2.24) is 4.31 Å². The van der Waals surface area contributed by atoms with Crippen LogP contribution in [0.3, 0.4) is 0 Å². The van der Waals surface area contributed by atoms with Gasteiger partial charge in [-0.2, -0.15) is 0 Å². The van der Waals surface area contributed by atoms with E-state index in [-0.39, 0.29) is 0 Å². The predicted molar refractivity (Wildman–Crippen MR) is 60.7 cm³/mol. The van der Waals surface area contributed by atoms with Crippen molar-refractivity contribution in [2.45, 2.75) is 44.3 Å². The zero-order chi connectivity index (χ0) is 12.2. The highest BCUT2D eigenvalue weighted by Gasteiger charge is 2.33. The molecule has 1 aliphatic rings. The van der Waals surface area contributed by atoms with Crippen molar-refractivity contribution in [1.29, 1.82) is 0 Å². The van der Waals surface area contributed by atoms with E-state index >= 15 is 0 Å². The summed E-state index contributed by atoms with van der Waals surface area (Å²) in [6.45, 7) is 2.15. The molecule has 1 N–H and O–H groups in total. The number of sulfonamides is 1. The van der Waals surface area contributed by atoms with Gasteiger partial charge < -0.3 is 5.11 Å². The zero-order valence-electron chi connectivity index (χ0n) is 9.55. The maximum absolute atomic E-state index is 11.9. The van der Waals surface area contributed by atoms with Gasteiger partial charge in [0.05, 0.1) is 0 Å². The lowest BCUT2D eigenvalue weighted by molar-refractivity contribution is -0.136. The van der Waals surface area contributed by atoms with Crippen LogP contribution in [-0.2, 0) is 14.8 Å². The Morgan fingerprint density at radius 3 is 2.00 bits per heavy atom. The number of hydrogen-bond acceptors (Lipinski definition) is 3. The number of nitrogens with zero attached hydrogens (tertiary/aromatic N) is 1. The minimum Gasteiger partial charge on any atom is -0.480 e. The van der Waals surface area contributed by atoms with Crippen LogP contribution in [0, 0.1) is 0 Å². The molecule has 16 heavy (non-hydrogen) atoms. The molecule has 5 nitrogen and oxygen atoms in total. The van der Waals surface area contributed by atoms with Gasteiger partial charge in [-0.05, 0) is 19.8 Å². The summed E-state index contributed by atoms with van der Waals surface area (Å²) in [4.78, 5) is 10.7. The van der Waals surface area contributed by atoms with Gasteiger partial charge in [-0.15, -0.1) is 0 Å². The van der Waals surface area contributed by atoms with Crippen molar-refractivity contribution in [2.24, 2.45) is 0 Å². The van der Waals surface area contributed by atoms with E-state index in [1.807, 2.05) is 0 Å². The first-order valence-electron chi connectivity index (χ1n) is 5.68. The van der Waals surface area contributed by atoms with E-state index < -0.39 is 21.2 Å². The molecular weight excluding hydrogens is 230 g/mol. The second kappa shape index (κ2) is 5.63. The molecule has 6 heteroatoms. The Morgan fingerprint density at radius 1 is 1.12 bits per heavy atom. The molecule has 1 fully saturated rings. The minimum absolute atomic E-state index is 0.458. The van der Waals surface area contributed by atoms with Gasteiger partial charge in [0.2, 0.25) is 10.0 Å². The van der Waals surface area contributed by atoms with Crippen LogP contribution >= 0.6 is 0 Å². The van der Waals surface area contributed by atoms with Crippen LogP contribution < -0.4 is 0 Å². The van der Waals surface area contributed by atoms with Crippen LogP contribution in [0.15, 0.2) is 0 Å². The van der Waals surface area contributed by atoms with E-state index in [2.05, 4.69) is 0 Å². The fraction of sp³-hybridized carbons (Fsp3) is 0.900. The lowest BCUT2D eigenvalue weighted by Gasteiger charge is -2.25. The van der Waals surface area contributed by atoms with Crippen molar-refractivity contribution in [3.63, 3.8) is 0 Å². The number of carbonyl (C=O) groups is 1. The molecule has 1 aliphatic heterocycles. The highest BCUT2D eigenvalue weighted by Crippen LogP contribution is 2.16. The quantitative estimate of drug-likeness (QED) is 0.811. The Morgan fingerprint density at radius 2 is 1.56 bits per heavy atom. The molecule has 0 aliphatic carbocycles. The Bertz CT molecular complexity index is 331. The average molecular weight is 249 g/mol. The third-order valence-electron chi connectivity index (χ3n) is 2.97. The largest absolute Gasteiger partial charge is 0.480 e. The molecule has 1 atom stereocenters. The summed E-state index contributed by atoms with van der Waals surface area (Å²) in [6, 6.07) is 0. The highest BCUT2D eigenvalue weighted by atomic mass is 32.2. The Balaban J connectivity index is 2.76. The standard InChI is InChI=1S/C10H19NO4S/c1-9(10(12)13)16(14,15)11-7-5-3-2-4-6-8-11/h9H,2-8H2,1H3,(H,12,13). The summed E-state index contributed by atoms with van der Waals surface area (Å²) in [7, 11) is -3.67. The topological polar surface area (TPSA) is 74.7 Å². The first kappa shape index (κ1) is 13.4. The van der Waals surface area contributed by atoms with Crippen molar-refractivity contribution < 1.29 is 18.3 Å². The smallest absolute Gasteiger partial charge is 0.323 e. The SMILES string of the molecule is CC(C(=O)O)S(=O)(=O)N1CCCCCCC1. The van der Waals surface area contributed by atoms with E-state index in [0.29, 0.717) is 13.1 Å². The molecule has 1 rings (SSSR count). The normalized spacial score (nSPS) is 22.1. The van der Waals surface area contributed by atoms with E-state index in [9.17, 15) is 13.2 Å². The van der Waals surface area contributed by atoms with Gasteiger partial charge in [0.25, 0.3) is 0 Å². The van der Waals surface area contributed by atoms with E-state index in [4.69, 9.17) is 5.11 Å². The monoisotopic (exact) mass is 249 g/mol. The number of aliphatic carboxylic acids is 1. The third kappa shape index (κ3) is 3.18. The summed E-state index contributed by atoms with van der Waals surface area (Å²) in [6.07, 6.45) is 4.83. The maximum atomic E-state index is 11.9. The van der Waals surface area contributed by atoms with Crippen LogP contribution in [0.4, 0.5) is 0 Å². The first-order valence-corrected chi connectivity index (χ1v) is 7.18. The zero-order valence-corrected chi connectivity index (χ0v) is 10.4. The van der Waals surface area contributed by atoms with Crippen molar-refractivity contribution in [3.8, 4) is 0 Å². The fourth-order valence-corrected chi connectivity index (χ4v) is 3.29. The van der Waals surface area contributed by atoms with Gasteiger partial charge in [0, 0.05) is 13.1 Å². The second-order valence-electron chi connectivity index (χ2n) is 4.19. The molecule has 0 spiro atoms. The molecule has 0 radical (unpaired) electrons. The third-order valence-corrected chi connectivity index (χ3v) is 5.15. The molecule has 0 bridgehead atoms. The Hall–Kier alpha value is -0.620. The first-order chi connectivity index (χ1) is 7.46. The number of carboxylic acids is 1. The van der Waals surface area contributed by atoms with Crippen molar-refractivity contribution in [3.05, 3.63) is 0 Å². The van der Waals surface area contributed by atoms with Crippen molar-refractivity contribution >= 4 is 16.0 Å². The van der Waals surface area contributed by atoms with Gasteiger partial charge in [-0.1, -0.05) is 19.3 Å². The second-order valence-corrected chi connectivity index (χ2v) is 6.45. The van der Waals surface area contributed by atoms with Crippen molar-refractivity contribution in [2.75, 3.05) is 13.1 Å². The van der Waals surface area contributed by atoms with Crippen LogP contribution in [-0.4, -0.2) is 42.1 Å². The van der Waals surface area contributed by atoms with Gasteiger partial charge in [-0.25, -0.2) is 12.7 Å². The van der Waals surface area contributed by atoms with E-state index in [1.165, 1.54) is 11.2 Å². The summed E-state index contributed by atoms with van der Waals surface area (Å²) >= 11 is 0. The Labute approximate surface area is 96.5 Å². The average Bonchev–Trinajstić information content (AvgIpc) is 2.15.